The number of benzene rings is 2. The van der Waals surface area contributed by atoms with Gasteiger partial charge in [-0.3, -0.25) is 4.79 Å². The summed E-state index contributed by atoms with van der Waals surface area (Å²) in [5.41, 5.74) is 0.903. The summed E-state index contributed by atoms with van der Waals surface area (Å²) in [4.78, 5) is 17.2. The van der Waals surface area contributed by atoms with E-state index >= 15 is 0 Å². The minimum Gasteiger partial charge on any atom is -0.496 e. The van der Waals surface area contributed by atoms with Gasteiger partial charge in [-0.25, -0.2) is 13.8 Å². The Labute approximate surface area is 164 Å². The number of amides is 1. The highest BCUT2D eigenvalue weighted by atomic mass is 32.1. The van der Waals surface area contributed by atoms with Gasteiger partial charge in [0.2, 0.25) is 0 Å². The molecule has 4 rings (SSSR count). The van der Waals surface area contributed by atoms with Gasteiger partial charge in [-0.15, -0.1) is 0 Å². The predicted octanol–water partition coefficient (Wildman–Crippen LogP) is 4.35. The standard InChI is InChI=1S/C20H19F2N3O2S/c1-27-17-8-6-11(21)9-13(17)19(26)23-14-3-2-4-15(14)24-20-25-16-7-5-12(22)10-18(16)28-20/h5-10,14-15H,2-4H2,1H3,(H,23,26)(H,24,25)/t14-,15+/m0/s1. The second-order valence-corrected chi connectivity index (χ2v) is 7.77. The van der Waals surface area contributed by atoms with Crippen LogP contribution in [0.25, 0.3) is 10.2 Å². The van der Waals surface area contributed by atoms with Gasteiger partial charge in [-0.1, -0.05) is 11.3 Å². The van der Waals surface area contributed by atoms with Crippen LogP contribution in [0, 0.1) is 11.6 Å². The molecule has 28 heavy (non-hydrogen) atoms. The van der Waals surface area contributed by atoms with E-state index in [1.165, 1.54) is 48.8 Å². The maximum Gasteiger partial charge on any atom is 0.255 e. The Hall–Kier alpha value is -2.74. The zero-order chi connectivity index (χ0) is 19.7. The van der Waals surface area contributed by atoms with E-state index in [9.17, 15) is 13.6 Å². The molecule has 1 saturated carbocycles. The SMILES string of the molecule is COc1ccc(F)cc1C(=O)N[C@H]1CCC[C@H]1Nc1nc2ccc(F)cc2s1. The van der Waals surface area contributed by atoms with Gasteiger partial charge in [0.05, 0.1) is 22.9 Å². The van der Waals surface area contributed by atoms with Crippen molar-refractivity contribution in [2.24, 2.45) is 0 Å². The van der Waals surface area contributed by atoms with E-state index in [0.717, 1.165) is 29.5 Å². The molecule has 8 heteroatoms. The molecule has 5 nitrogen and oxygen atoms in total. The number of nitrogens with zero attached hydrogens (tertiary/aromatic N) is 1. The average molecular weight is 403 g/mol. The van der Waals surface area contributed by atoms with E-state index in [4.69, 9.17) is 4.74 Å². The molecule has 3 aromatic rings. The van der Waals surface area contributed by atoms with Gasteiger partial charge in [0.15, 0.2) is 5.13 Å². The maximum absolute atomic E-state index is 13.6. The summed E-state index contributed by atoms with van der Waals surface area (Å²) in [7, 11) is 1.44. The highest BCUT2D eigenvalue weighted by Gasteiger charge is 2.30. The Morgan fingerprint density at radius 2 is 1.89 bits per heavy atom. The lowest BCUT2D eigenvalue weighted by Gasteiger charge is -2.22. The fourth-order valence-corrected chi connectivity index (χ4v) is 4.48. The molecule has 1 amide bonds. The number of carbonyl (C=O) groups is 1. The number of aromatic nitrogens is 1. The fraction of sp³-hybridized carbons (Fsp3) is 0.300. The van der Waals surface area contributed by atoms with Crippen LogP contribution >= 0.6 is 11.3 Å². The normalized spacial score (nSPS) is 19.0. The zero-order valence-corrected chi connectivity index (χ0v) is 16.0. The third-order valence-electron chi connectivity index (χ3n) is 4.90. The summed E-state index contributed by atoms with van der Waals surface area (Å²) in [6, 6.07) is 8.24. The van der Waals surface area contributed by atoms with Gasteiger partial charge in [-0.2, -0.15) is 0 Å². The molecular weight excluding hydrogens is 384 g/mol. The molecule has 1 aliphatic rings. The minimum absolute atomic E-state index is 0.00564. The van der Waals surface area contributed by atoms with Crippen molar-refractivity contribution >= 4 is 32.6 Å². The van der Waals surface area contributed by atoms with Crippen molar-refractivity contribution in [3.63, 3.8) is 0 Å². The van der Waals surface area contributed by atoms with Gasteiger partial charge in [0.1, 0.15) is 17.4 Å². The number of thiazole rings is 1. The number of ether oxygens (including phenoxy) is 1. The number of hydrogen-bond donors (Lipinski definition) is 2. The van der Waals surface area contributed by atoms with Gasteiger partial charge >= 0.3 is 0 Å². The molecular formula is C20H19F2N3O2S. The molecule has 146 valence electrons. The van der Waals surface area contributed by atoms with Crippen LogP contribution in [0.4, 0.5) is 13.9 Å². The Morgan fingerprint density at radius 3 is 2.71 bits per heavy atom. The Kier molecular flexibility index (Phi) is 5.13. The number of fused-ring (bicyclic) bond motifs is 1. The third kappa shape index (κ3) is 3.77. The lowest BCUT2D eigenvalue weighted by atomic mass is 10.1. The number of methoxy groups -OCH3 is 1. The van der Waals surface area contributed by atoms with E-state index in [-0.39, 0.29) is 29.4 Å². The maximum atomic E-state index is 13.6. The Bertz CT molecular complexity index is 1020. The summed E-state index contributed by atoms with van der Waals surface area (Å²) >= 11 is 1.38. The van der Waals surface area contributed by atoms with Crippen molar-refractivity contribution in [2.75, 3.05) is 12.4 Å². The van der Waals surface area contributed by atoms with Crippen molar-refractivity contribution in [1.82, 2.24) is 10.3 Å². The van der Waals surface area contributed by atoms with Crippen LogP contribution in [-0.4, -0.2) is 30.1 Å². The number of hydrogen-bond acceptors (Lipinski definition) is 5. The van der Waals surface area contributed by atoms with Crippen molar-refractivity contribution in [3.05, 3.63) is 53.6 Å². The number of halogens is 2. The van der Waals surface area contributed by atoms with Crippen LogP contribution in [0.1, 0.15) is 29.6 Å². The molecule has 2 aromatic carbocycles. The summed E-state index contributed by atoms with van der Waals surface area (Å²) in [5.74, 6) is -0.831. The quantitative estimate of drug-likeness (QED) is 0.665. The van der Waals surface area contributed by atoms with E-state index < -0.39 is 5.82 Å². The average Bonchev–Trinajstić information content (AvgIpc) is 3.27. The van der Waals surface area contributed by atoms with E-state index in [1.54, 1.807) is 6.07 Å². The minimum atomic E-state index is -0.492. The van der Waals surface area contributed by atoms with Crippen LogP contribution in [0.5, 0.6) is 5.75 Å². The number of anilines is 1. The zero-order valence-electron chi connectivity index (χ0n) is 15.2. The summed E-state index contributed by atoms with van der Waals surface area (Å²) in [6.45, 7) is 0. The first-order chi connectivity index (χ1) is 13.5. The molecule has 0 saturated heterocycles. The molecule has 1 fully saturated rings. The lowest BCUT2D eigenvalue weighted by molar-refractivity contribution is 0.0932. The summed E-state index contributed by atoms with van der Waals surface area (Å²) in [6.07, 6.45) is 2.62. The van der Waals surface area contributed by atoms with Crippen LogP contribution in [0.3, 0.4) is 0 Å². The molecule has 0 spiro atoms. The second kappa shape index (κ2) is 7.71. The van der Waals surface area contributed by atoms with Gasteiger partial charge in [-0.05, 0) is 55.7 Å². The van der Waals surface area contributed by atoms with Crippen molar-refractivity contribution in [1.29, 1.82) is 0 Å². The van der Waals surface area contributed by atoms with Crippen LogP contribution in [-0.2, 0) is 0 Å². The molecule has 2 atom stereocenters. The third-order valence-corrected chi connectivity index (χ3v) is 5.85. The van der Waals surface area contributed by atoms with Crippen LogP contribution < -0.4 is 15.4 Å². The predicted molar refractivity (Wildman–Crippen MR) is 105 cm³/mol. The molecule has 1 heterocycles. The number of rotatable bonds is 5. The lowest BCUT2D eigenvalue weighted by Crippen LogP contribution is -2.43. The molecule has 1 aliphatic carbocycles. The molecule has 0 radical (unpaired) electrons. The summed E-state index contributed by atoms with van der Waals surface area (Å²) in [5, 5.41) is 7.03. The first-order valence-corrected chi connectivity index (χ1v) is 9.82. The molecule has 0 unspecified atom stereocenters. The molecule has 2 N–H and O–H groups in total. The number of nitrogens with one attached hydrogen (secondary N) is 2. The van der Waals surface area contributed by atoms with E-state index in [0.29, 0.717) is 10.9 Å². The summed E-state index contributed by atoms with van der Waals surface area (Å²) < 4.78 is 32.9. The molecule has 0 bridgehead atoms. The fourth-order valence-electron chi connectivity index (χ4n) is 3.53. The van der Waals surface area contributed by atoms with Crippen molar-refractivity contribution in [3.8, 4) is 5.75 Å². The number of carbonyl (C=O) groups excluding carboxylic acids is 1. The first-order valence-electron chi connectivity index (χ1n) is 9.00. The Balaban J connectivity index is 1.48. The highest BCUT2D eigenvalue weighted by Crippen LogP contribution is 2.30. The molecule has 1 aromatic heterocycles. The van der Waals surface area contributed by atoms with Gasteiger partial charge in [0, 0.05) is 12.1 Å². The van der Waals surface area contributed by atoms with Crippen LogP contribution in [0.2, 0.25) is 0 Å². The van der Waals surface area contributed by atoms with E-state index in [2.05, 4.69) is 15.6 Å². The van der Waals surface area contributed by atoms with E-state index in [1.807, 2.05) is 0 Å². The topological polar surface area (TPSA) is 63.2 Å². The second-order valence-electron chi connectivity index (χ2n) is 6.74. The van der Waals surface area contributed by atoms with Crippen LogP contribution in [0.15, 0.2) is 36.4 Å². The van der Waals surface area contributed by atoms with Gasteiger partial charge < -0.3 is 15.4 Å². The monoisotopic (exact) mass is 403 g/mol. The van der Waals surface area contributed by atoms with Crippen molar-refractivity contribution in [2.45, 2.75) is 31.3 Å². The van der Waals surface area contributed by atoms with Gasteiger partial charge in [0.25, 0.3) is 5.91 Å². The Morgan fingerprint density at radius 1 is 1.14 bits per heavy atom. The first kappa shape index (κ1) is 18.6. The van der Waals surface area contributed by atoms with Crippen molar-refractivity contribution < 1.29 is 18.3 Å². The smallest absolute Gasteiger partial charge is 0.255 e. The molecule has 0 aliphatic heterocycles. The highest BCUT2D eigenvalue weighted by molar-refractivity contribution is 7.22. The largest absolute Gasteiger partial charge is 0.496 e.